The molecule has 0 spiro atoms. The van der Waals surface area contributed by atoms with E-state index in [0.29, 0.717) is 31.6 Å². The maximum absolute atomic E-state index is 13.2. The van der Waals surface area contributed by atoms with Crippen molar-refractivity contribution in [2.24, 2.45) is 0 Å². The molecular weight excluding hydrogens is 321 g/mol. The third kappa shape index (κ3) is 2.93. The van der Waals surface area contributed by atoms with E-state index >= 15 is 0 Å². The number of aromatic nitrogens is 4. The van der Waals surface area contributed by atoms with Crippen LogP contribution in [0.3, 0.4) is 0 Å². The second-order valence-electron chi connectivity index (χ2n) is 6.26. The summed E-state index contributed by atoms with van der Waals surface area (Å²) in [6, 6.07) is 8.09. The first-order chi connectivity index (χ1) is 12.1. The van der Waals surface area contributed by atoms with Gasteiger partial charge in [-0.3, -0.25) is 15.0 Å². The number of carbonyl (C=O) groups is 1. The van der Waals surface area contributed by atoms with Crippen LogP contribution in [0.15, 0.2) is 30.3 Å². The summed E-state index contributed by atoms with van der Waals surface area (Å²) in [5.74, 6) is -0.331. The zero-order chi connectivity index (χ0) is 17.4. The van der Waals surface area contributed by atoms with Crippen molar-refractivity contribution in [1.82, 2.24) is 25.3 Å². The number of hydrogen-bond donors (Lipinski definition) is 2. The fraction of sp³-hybridized carbons (Fsp3) is 0.278. The van der Waals surface area contributed by atoms with Gasteiger partial charge in [-0.2, -0.15) is 10.2 Å². The first-order valence-corrected chi connectivity index (χ1v) is 8.25. The summed E-state index contributed by atoms with van der Waals surface area (Å²) in [5.41, 5.74) is 5.15. The summed E-state index contributed by atoms with van der Waals surface area (Å²) in [6.45, 7) is 3.09. The molecule has 1 amide bonds. The average molecular weight is 339 g/mol. The molecule has 4 rings (SSSR count). The highest BCUT2D eigenvalue weighted by atomic mass is 19.1. The molecule has 0 atom stereocenters. The molecule has 128 valence electrons. The van der Waals surface area contributed by atoms with Crippen LogP contribution >= 0.6 is 0 Å². The van der Waals surface area contributed by atoms with Gasteiger partial charge in [-0.15, -0.1) is 0 Å². The van der Waals surface area contributed by atoms with Gasteiger partial charge in [0.15, 0.2) is 0 Å². The largest absolute Gasteiger partial charge is 0.337 e. The number of hydrogen-bond acceptors (Lipinski definition) is 3. The van der Waals surface area contributed by atoms with E-state index in [1.54, 1.807) is 18.2 Å². The highest BCUT2D eigenvalue weighted by Gasteiger charge is 2.24. The van der Waals surface area contributed by atoms with Crippen LogP contribution in [-0.4, -0.2) is 44.3 Å². The van der Waals surface area contributed by atoms with Crippen molar-refractivity contribution in [3.63, 3.8) is 0 Å². The molecule has 0 unspecified atom stereocenters. The molecule has 0 radical (unpaired) electrons. The summed E-state index contributed by atoms with van der Waals surface area (Å²) in [6.07, 6.45) is 1.41. The van der Waals surface area contributed by atoms with Crippen molar-refractivity contribution >= 4 is 5.91 Å². The van der Waals surface area contributed by atoms with Crippen LogP contribution in [0.4, 0.5) is 4.39 Å². The Bertz CT molecular complexity index is 912. The minimum absolute atomic E-state index is 0.0641. The maximum atomic E-state index is 13.2. The first-order valence-electron chi connectivity index (χ1n) is 8.25. The Morgan fingerprint density at radius 1 is 1.12 bits per heavy atom. The monoisotopic (exact) mass is 339 g/mol. The van der Waals surface area contributed by atoms with Gasteiger partial charge in [0.2, 0.25) is 0 Å². The number of halogens is 1. The van der Waals surface area contributed by atoms with Crippen LogP contribution in [0.25, 0.3) is 11.3 Å². The maximum Gasteiger partial charge on any atom is 0.274 e. The fourth-order valence-corrected chi connectivity index (χ4v) is 3.22. The van der Waals surface area contributed by atoms with Gasteiger partial charge in [0.25, 0.3) is 5.91 Å². The third-order valence-corrected chi connectivity index (χ3v) is 4.55. The minimum atomic E-state index is -0.267. The highest BCUT2D eigenvalue weighted by Crippen LogP contribution is 2.27. The van der Waals surface area contributed by atoms with Gasteiger partial charge in [0, 0.05) is 42.0 Å². The Hall–Kier alpha value is -2.96. The topological polar surface area (TPSA) is 77.7 Å². The van der Waals surface area contributed by atoms with E-state index in [4.69, 9.17) is 0 Å². The second kappa shape index (κ2) is 6.16. The quantitative estimate of drug-likeness (QED) is 0.753. The highest BCUT2D eigenvalue weighted by molar-refractivity contribution is 5.92. The Kier molecular flexibility index (Phi) is 3.83. The van der Waals surface area contributed by atoms with E-state index in [1.807, 2.05) is 11.8 Å². The molecule has 0 aliphatic carbocycles. The van der Waals surface area contributed by atoms with E-state index in [-0.39, 0.29) is 11.7 Å². The normalized spacial score (nSPS) is 14.2. The summed E-state index contributed by atoms with van der Waals surface area (Å²) >= 11 is 0. The average Bonchev–Trinajstić information content (AvgIpc) is 3.16. The Balaban J connectivity index is 1.56. The van der Waals surface area contributed by atoms with Crippen LogP contribution < -0.4 is 0 Å². The lowest BCUT2D eigenvalue weighted by Gasteiger charge is -2.18. The van der Waals surface area contributed by atoms with Crippen molar-refractivity contribution in [2.75, 3.05) is 13.1 Å². The molecule has 3 aromatic rings. The summed E-state index contributed by atoms with van der Waals surface area (Å²) in [5, 5.41) is 14.3. The van der Waals surface area contributed by atoms with Crippen LogP contribution in [0.5, 0.6) is 0 Å². The molecule has 2 aromatic heterocycles. The van der Waals surface area contributed by atoms with Crippen LogP contribution in [-0.2, 0) is 12.8 Å². The van der Waals surface area contributed by atoms with Crippen molar-refractivity contribution in [3.05, 3.63) is 58.8 Å². The van der Waals surface area contributed by atoms with Crippen LogP contribution in [0.2, 0.25) is 0 Å². The van der Waals surface area contributed by atoms with Crippen LogP contribution in [0, 0.1) is 12.7 Å². The van der Waals surface area contributed by atoms with Gasteiger partial charge in [-0.05, 0) is 43.7 Å². The molecule has 2 N–H and O–H groups in total. The molecule has 25 heavy (non-hydrogen) atoms. The first kappa shape index (κ1) is 15.6. The number of nitrogens with zero attached hydrogens (tertiary/aromatic N) is 3. The number of aryl methyl sites for hydroxylation is 1. The molecule has 1 aromatic carbocycles. The van der Waals surface area contributed by atoms with Gasteiger partial charge >= 0.3 is 0 Å². The predicted octanol–water partition coefficient (Wildman–Crippen LogP) is 2.49. The van der Waals surface area contributed by atoms with E-state index < -0.39 is 0 Å². The van der Waals surface area contributed by atoms with Gasteiger partial charge in [0.05, 0.1) is 5.69 Å². The van der Waals surface area contributed by atoms with E-state index in [2.05, 4.69) is 20.4 Å². The van der Waals surface area contributed by atoms with Crippen molar-refractivity contribution in [2.45, 2.75) is 19.8 Å². The number of carbonyl (C=O) groups excluding carboxylic acids is 1. The molecular formula is C18H18FN5O. The fourth-order valence-electron chi connectivity index (χ4n) is 3.22. The minimum Gasteiger partial charge on any atom is -0.337 e. The van der Waals surface area contributed by atoms with Gasteiger partial charge < -0.3 is 4.90 Å². The molecule has 0 saturated heterocycles. The number of amides is 1. The predicted molar refractivity (Wildman–Crippen MR) is 90.6 cm³/mol. The number of aromatic amines is 2. The van der Waals surface area contributed by atoms with Crippen molar-refractivity contribution in [1.29, 1.82) is 0 Å². The number of benzene rings is 1. The molecule has 1 aliphatic rings. The summed E-state index contributed by atoms with van der Waals surface area (Å²) < 4.78 is 13.2. The van der Waals surface area contributed by atoms with E-state index in [1.165, 1.54) is 12.1 Å². The van der Waals surface area contributed by atoms with Crippen molar-refractivity contribution in [3.8, 4) is 11.3 Å². The number of H-pyrrole nitrogens is 2. The Labute approximate surface area is 144 Å². The lowest BCUT2D eigenvalue weighted by Crippen LogP contribution is -2.33. The van der Waals surface area contributed by atoms with E-state index in [0.717, 1.165) is 28.2 Å². The summed E-state index contributed by atoms with van der Waals surface area (Å²) in [7, 11) is 0. The molecule has 0 fully saturated rings. The standard InChI is InChI=1S/C18H18FN5O/c1-11-10-16(22-20-11)18(25)24-8-6-14-15(7-9-24)21-23-17(14)12-2-4-13(19)5-3-12/h2-5,10H,6-9H2,1H3,(H,20,22)(H,21,23). The molecule has 3 heterocycles. The molecule has 0 saturated carbocycles. The lowest BCUT2D eigenvalue weighted by atomic mass is 10.0. The Morgan fingerprint density at radius 2 is 1.88 bits per heavy atom. The number of nitrogens with one attached hydrogen (secondary N) is 2. The zero-order valence-electron chi connectivity index (χ0n) is 13.8. The Morgan fingerprint density at radius 3 is 2.60 bits per heavy atom. The van der Waals surface area contributed by atoms with Gasteiger partial charge in [-0.1, -0.05) is 0 Å². The number of fused-ring (bicyclic) bond motifs is 1. The van der Waals surface area contributed by atoms with Gasteiger partial charge in [-0.25, -0.2) is 4.39 Å². The molecule has 1 aliphatic heterocycles. The van der Waals surface area contributed by atoms with E-state index in [9.17, 15) is 9.18 Å². The zero-order valence-corrected chi connectivity index (χ0v) is 13.8. The lowest BCUT2D eigenvalue weighted by molar-refractivity contribution is 0.0757. The van der Waals surface area contributed by atoms with Crippen molar-refractivity contribution < 1.29 is 9.18 Å². The third-order valence-electron chi connectivity index (χ3n) is 4.55. The summed E-state index contributed by atoms with van der Waals surface area (Å²) in [4.78, 5) is 14.4. The smallest absolute Gasteiger partial charge is 0.274 e. The molecule has 0 bridgehead atoms. The molecule has 6 nitrogen and oxygen atoms in total. The SMILES string of the molecule is Cc1cc(C(=O)N2CCc3[nH]nc(-c4ccc(F)cc4)c3CC2)n[nH]1. The van der Waals surface area contributed by atoms with Gasteiger partial charge in [0.1, 0.15) is 11.5 Å². The second-order valence-corrected chi connectivity index (χ2v) is 6.26. The number of rotatable bonds is 2. The van der Waals surface area contributed by atoms with Crippen LogP contribution in [0.1, 0.15) is 27.4 Å². The molecule has 7 heteroatoms.